The van der Waals surface area contributed by atoms with Crippen LogP contribution in [0.15, 0.2) is 22.7 Å². The van der Waals surface area contributed by atoms with Gasteiger partial charge in [-0.15, -0.1) is 0 Å². The van der Waals surface area contributed by atoms with Gasteiger partial charge in [0.25, 0.3) is 0 Å². The molecule has 18 heavy (non-hydrogen) atoms. The number of likely N-dealkylation sites (N-methyl/N-ethyl adjacent to an activating group) is 1. The zero-order valence-electron chi connectivity index (χ0n) is 10.2. The molecule has 1 aromatic rings. The van der Waals surface area contributed by atoms with Crippen LogP contribution in [0.1, 0.15) is 18.4 Å². The maximum atomic E-state index is 13.5. The molecule has 1 aromatic carbocycles. The highest BCUT2D eigenvalue weighted by Crippen LogP contribution is 2.24. The minimum atomic E-state index is -0.305. The van der Waals surface area contributed by atoms with Crippen LogP contribution < -0.4 is 5.32 Å². The lowest BCUT2D eigenvalue weighted by Gasteiger charge is -2.15. The highest BCUT2D eigenvalue weighted by atomic mass is 79.9. The fraction of sp³-hybridized carbons (Fsp3) is 0.462. The number of hydrogen-bond acceptors (Lipinski definition) is 2. The largest absolute Gasteiger partial charge is 0.351 e. The Bertz CT molecular complexity index is 449. The number of hydrogen-bond donors (Lipinski definition) is 1. The topological polar surface area (TPSA) is 32.3 Å². The van der Waals surface area contributed by atoms with Crippen LogP contribution in [0.3, 0.4) is 0 Å². The summed E-state index contributed by atoms with van der Waals surface area (Å²) in [7, 11) is 1.94. The first-order valence-corrected chi connectivity index (χ1v) is 6.76. The molecule has 0 aliphatic heterocycles. The number of carbonyl (C=O) groups is 1. The van der Waals surface area contributed by atoms with E-state index >= 15 is 0 Å². The third kappa shape index (κ3) is 3.78. The van der Waals surface area contributed by atoms with Crippen LogP contribution in [0, 0.1) is 5.82 Å². The van der Waals surface area contributed by atoms with Crippen molar-refractivity contribution >= 4 is 21.8 Å². The van der Waals surface area contributed by atoms with Gasteiger partial charge >= 0.3 is 0 Å². The molecule has 1 amide bonds. The van der Waals surface area contributed by atoms with Crippen LogP contribution in [0.5, 0.6) is 0 Å². The molecule has 0 saturated heterocycles. The van der Waals surface area contributed by atoms with E-state index in [9.17, 15) is 9.18 Å². The van der Waals surface area contributed by atoms with E-state index in [4.69, 9.17) is 0 Å². The van der Waals surface area contributed by atoms with E-state index in [1.54, 1.807) is 12.1 Å². The van der Waals surface area contributed by atoms with Crippen molar-refractivity contribution in [3.63, 3.8) is 0 Å². The second kappa shape index (κ2) is 5.80. The molecule has 0 aromatic heterocycles. The van der Waals surface area contributed by atoms with Gasteiger partial charge in [0.15, 0.2) is 0 Å². The molecule has 0 spiro atoms. The summed E-state index contributed by atoms with van der Waals surface area (Å²) in [6.07, 6.45) is 2.34. The lowest BCUT2D eigenvalue weighted by Crippen LogP contribution is -2.35. The Morgan fingerprint density at radius 1 is 1.56 bits per heavy atom. The third-order valence-electron chi connectivity index (χ3n) is 3.05. The smallest absolute Gasteiger partial charge is 0.234 e. The summed E-state index contributed by atoms with van der Waals surface area (Å²) in [4.78, 5) is 13.7. The van der Waals surface area contributed by atoms with Crippen molar-refractivity contribution in [1.29, 1.82) is 0 Å². The minimum Gasteiger partial charge on any atom is -0.351 e. The monoisotopic (exact) mass is 314 g/mol. The summed E-state index contributed by atoms with van der Waals surface area (Å²) in [5, 5.41) is 2.74. The Hall–Kier alpha value is -0.940. The Balaban J connectivity index is 1.81. The van der Waals surface area contributed by atoms with Gasteiger partial charge in [-0.2, -0.15) is 0 Å². The van der Waals surface area contributed by atoms with E-state index in [0.717, 1.165) is 0 Å². The lowest BCUT2D eigenvalue weighted by atomic mass is 10.2. The third-order valence-corrected chi connectivity index (χ3v) is 3.55. The molecule has 3 nitrogen and oxygen atoms in total. The second-order valence-corrected chi connectivity index (χ2v) is 5.57. The number of rotatable bonds is 5. The lowest BCUT2D eigenvalue weighted by molar-refractivity contribution is -0.122. The fourth-order valence-corrected chi connectivity index (χ4v) is 2.12. The van der Waals surface area contributed by atoms with E-state index in [-0.39, 0.29) is 18.3 Å². The predicted octanol–water partition coefficient (Wildman–Crippen LogP) is 2.30. The van der Waals surface area contributed by atoms with E-state index in [0.29, 0.717) is 22.6 Å². The summed E-state index contributed by atoms with van der Waals surface area (Å²) in [5.41, 5.74) is 0.501. The van der Waals surface area contributed by atoms with Crippen LogP contribution in [0.25, 0.3) is 0 Å². The zero-order valence-corrected chi connectivity index (χ0v) is 11.8. The van der Waals surface area contributed by atoms with Crippen molar-refractivity contribution in [2.24, 2.45) is 0 Å². The standard InChI is InChI=1S/C13H16BrFN2O/c1-17(11-4-5-11)8-13(18)16-7-9-2-3-10(14)6-12(9)15/h2-3,6,11H,4-5,7-8H2,1H3,(H,16,18). The van der Waals surface area contributed by atoms with Gasteiger partial charge in [-0.05, 0) is 32.0 Å². The molecular weight excluding hydrogens is 299 g/mol. The summed E-state index contributed by atoms with van der Waals surface area (Å²) < 4.78 is 14.2. The SMILES string of the molecule is CN(CC(=O)NCc1ccc(Br)cc1F)C1CC1. The van der Waals surface area contributed by atoms with Crippen LogP contribution >= 0.6 is 15.9 Å². The zero-order chi connectivity index (χ0) is 13.1. The Morgan fingerprint density at radius 3 is 2.89 bits per heavy atom. The molecule has 1 aliphatic carbocycles. The minimum absolute atomic E-state index is 0.0632. The normalized spacial score (nSPS) is 14.9. The molecule has 5 heteroatoms. The van der Waals surface area contributed by atoms with Crippen molar-refractivity contribution in [3.05, 3.63) is 34.1 Å². The van der Waals surface area contributed by atoms with Crippen molar-refractivity contribution in [2.45, 2.75) is 25.4 Å². The summed E-state index contributed by atoms with van der Waals surface area (Å²) >= 11 is 3.20. The summed E-state index contributed by atoms with van der Waals surface area (Å²) in [6.45, 7) is 0.610. The van der Waals surface area contributed by atoms with Gasteiger partial charge in [0.1, 0.15) is 5.82 Å². The summed E-state index contributed by atoms with van der Waals surface area (Å²) in [6, 6.07) is 5.39. The fourth-order valence-electron chi connectivity index (χ4n) is 1.79. The molecule has 0 heterocycles. The molecular formula is C13H16BrFN2O. The first-order valence-electron chi connectivity index (χ1n) is 5.97. The van der Waals surface area contributed by atoms with Crippen LogP contribution in [0.2, 0.25) is 0 Å². The number of nitrogens with zero attached hydrogens (tertiary/aromatic N) is 1. The molecule has 0 bridgehead atoms. The quantitative estimate of drug-likeness (QED) is 0.904. The number of halogens is 2. The van der Waals surface area contributed by atoms with E-state index in [1.807, 2.05) is 11.9 Å². The highest BCUT2D eigenvalue weighted by Gasteiger charge is 2.27. The highest BCUT2D eigenvalue weighted by molar-refractivity contribution is 9.10. The maximum absolute atomic E-state index is 13.5. The molecule has 1 saturated carbocycles. The van der Waals surface area contributed by atoms with Gasteiger partial charge in [0.2, 0.25) is 5.91 Å². The van der Waals surface area contributed by atoms with Gasteiger partial charge in [0.05, 0.1) is 6.54 Å². The van der Waals surface area contributed by atoms with Crippen molar-refractivity contribution < 1.29 is 9.18 Å². The Labute approximate surface area is 114 Å². The molecule has 1 fully saturated rings. The molecule has 0 atom stereocenters. The number of benzene rings is 1. The average Bonchev–Trinajstić information content (AvgIpc) is 3.11. The van der Waals surface area contributed by atoms with Crippen LogP contribution in [-0.2, 0) is 11.3 Å². The van der Waals surface area contributed by atoms with Gasteiger partial charge < -0.3 is 5.32 Å². The van der Waals surface area contributed by atoms with Crippen LogP contribution in [-0.4, -0.2) is 30.4 Å². The molecule has 1 aliphatic rings. The molecule has 1 N–H and O–H groups in total. The maximum Gasteiger partial charge on any atom is 0.234 e. The van der Waals surface area contributed by atoms with E-state index in [1.165, 1.54) is 18.9 Å². The van der Waals surface area contributed by atoms with Crippen molar-refractivity contribution in [1.82, 2.24) is 10.2 Å². The molecule has 2 rings (SSSR count). The Morgan fingerprint density at radius 2 is 2.28 bits per heavy atom. The van der Waals surface area contributed by atoms with Gasteiger partial charge in [-0.25, -0.2) is 4.39 Å². The van der Waals surface area contributed by atoms with Gasteiger partial charge in [-0.3, -0.25) is 9.69 Å². The number of carbonyl (C=O) groups excluding carboxylic acids is 1. The summed E-state index contributed by atoms with van der Waals surface area (Å²) in [5.74, 6) is -0.369. The Kier molecular flexibility index (Phi) is 4.35. The van der Waals surface area contributed by atoms with Gasteiger partial charge in [0, 0.05) is 22.6 Å². The van der Waals surface area contributed by atoms with Crippen molar-refractivity contribution in [3.8, 4) is 0 Å². The first-order chi connectivity index (χ1) is 8.56. The van der Waals surface area contributed by atoms with E-state index in [2.05, 4.69) is 21.2 Å². The van der Waals surface area contributed by atoms with Gasteiger partial charge in [-0.1, -0.05) is 22.0 Å². The number of amides is 1. The molecule has 0 unspecified atom stereocenters. The first kappa shape index (κ1) is 13.5. The average molecular weight is 315 g/mol. The van der Waals surface area contributed by atoms with Crippen LogP contribution in [0.4, 0.5) is 4.39 Å². The molecule has 0 radical (unpaired) electrons. The molecule has 98 valence electrons. The number of nitrogens with one attached hydrogen (secondary N) is 1. The van der Waals surface area contributed by atoms with E-state index < -0.39 is 0 Å². The predicted molar refractivity (Wildman–Crippen MR) is 71.6 cm³/mol. The second-order valence-electron chi connectivity index (χ2n) is 4.66. The van der Waals surface area contributed by atoms with Crippen molar-refractivity contribution in [2.75, 3.05) is 13.6 Å².